The van der Waals surface area contributed by atoms with E-state index in [4.69, 9.17) is 10.3 Å². The summed E-state index contributed by atoms with van der Waals surface area (Å²) in [4.78, 5) is 16.9. The van der Waals surface area contributed by atoms with Crippen molar-refractivity contribution in [2.24, 2.45) is 5.73 Å². The number of hydrogen-bond acceptors (Lipinski definition) is 5. The fourth-order valence-electron chi connectivity index (χ4n) is 3.11. The highest BCUT2D eigenvalue weighted by Gasteiger charge is 2.36. The number of carbonyl (C=O) groups is 1. The third-order valence-electron chi connectivity index (χ3n) is 4.60. The van der Waals surface area contributed by atoms with Crippen molar-refractivity contribution >= 4 is 5.91 Å². The number of aromatic nitrogens is 2. The van der Waals surface area contributed by atoms with E-state index in [0.717, 1.165) is 37.7 Å². The highest BCUT2D eigenvalue weighted by atomic mass is 16.5. The van der Waals surface area contributed by atoms with Crippen LogP contribution in [0.4, 0.5) is 0 Å². The molecule has 6 heteroatoms. The summed E-state index contributed by atoms with van der Waals surface area (Å²) in [5, 5.41) is 6.92. The van der Waals surface area contributed by atoms with Crippen molar-refractivity contribution in [3.05, 3.63) is 47.6 Å². The SMILES string of the molecule is CC(NC(=O)C1(N)CCCCC1)c1nc(Cc2ccccc2)no1. The number of nitrogens with zero attached hydrogens (tertiary/aromatic N) is 2. The first-order valence-electron chi connectivity index (χ1n) is 8.53. The molecule has 1 aliphatic carbocycles. The van der Waals surface area contributed by atoms with Crippen molar-refractivity contribution in [3.8, 4) is 0 Å². The molecule has 1 fully saturated rings. The van der Waals surface area contributed by atoms with Crippen molar-refractivity contribution in [2.45, 2.75) is 57.0 Å². The van der Waals surface area contributed by atoms with Crippen LogP contribution >= 0.6 is 0 Å². The number of carbonyl (C=O) groups excluding carboxylic acids is 1. The van der Waals surface area contributed by atoms with Crippen LogP contribution in [-0.4, -0.2) is 21.6 Å². The normalized spacial score (nSPS) is 18.1. The Hall–Kier alpha value is -2.21. The van der Waals surface area contributed by atoms with Crippen LogP contribution in [-0.2, 0) is 11.2 Å². The predicted molar refractivity (Wildman–Crippen MR) is 90.1 cm³/mol. The van der Waals surface area contributed by atoms with E-state index in [1.165, 1.54) is 0 Å². The smallest absolute Gasteiger partial charge is 0.248 e. The number of amides is 1. The molecule has 128 valence electrons. The third-order valence-corrected chi connectivity index (χ3v) is 4.60. The van der Waals surface area contributed by atoms with Crippen LogP contribution in [0.15, 0.2) is 34.9 Å². The van der Waals surface area contributed by atoms with E-state index in [0.29, 0.717) is 18.1 Å². The molecule has 1 unspecified atom stereocenters. The third kappa shape index (κ3) is 3.82. The molecule has 2 aromatic rings. The molecule has 1 atom stereocenters. The van der Waals surface area contributed by atoms with Gasteiger partial charge in [0.05, 0.1) is 5.54 Å². The van der Waals surface area contributed by atoms with Gasteiger partial charge in [0.2, 0.25) is 11.8 Å². The number of nitrogens with one attached hydrogen (secondary N) is 1. The monoisotopic (exact) mass is 328 g/mol. The molecule has 1 aromatic heterocycles. The van der Waals surface area contributed by atoms with E-state index in [1.807, 2.05) is 37.3 Å². The Bertz CT molecular complexity index is 677. The van der Waals surface area contributed by atoms with Crippen molar-refractivity contribution < 1.29 is 9.32 Å². The van der Waals surface area contributed by atoms with Gasteiger partial charge in [0.15, 0.2) is 5.82 Å². The molecule has 1 aromatic carbocycles. The van der Waals surface area contributed by atoms with Gasteiger partial charge in [-0.1, -0.05) is 54.8 Å². The minimum Gasteiger partial charge on any atom is -0.343 e. The van der Waals surface area contributed by atoms with E-state index in [1.54, 1.807) is 0 Å². The number of benzene rings is 1. The lowest BCUT2D eigenvalue weighted by Crippen LogP contribution is -2.55. The van der Waals surface area contributed by atoms with Gasteiger partial charge in [-0.3, -0.25) is 4.79 Å². The van der Waals surface area contributed by atoms with Gasteiger partial charge in [0.25, 0.3) is 0 Å². The zero-order valence-corrected chi connectivity index (χ0v) is 14.0. The minimum absolute atomic E-state index is 0.127. The van der Waals surface area contributed by atoms with Gasteiger partial charge in [-0.15, -0.1) is 0 Å². The summed E-state index contributed by atoms with van der Waals surface area (Å²) in [5.41, 5.74) is 6.61. The van der Waals surface area contributed by atoms with Crippen LogP contribution in [0, 0.1) is 0 Å². The maximum Gasteiger partial charge on any atom is 0.248 e. The second-order valence-corrected chi connectivity index (χ2v) is 6.62. The van der Waals surface area contributed by atoms with Gasteiger partial charge < -0.3 is 15.6 Å². The van der Waals surface area contributed by atoms with Gasteiger partial charge in [-0.2, -0.15) is 4.98 Å². The fourth-order valence-corrected chi connectivity index (χ4v) is 3.11. The summed E-state index contributed by atoms with van der Waals surface area (Å²) in [6.45, 7) is 1.84. The van der Waals surface area contributed by atoms with Crippen molar-refractivity contribution in [3.63, 3.8) is 0 Å². The molecular weight excluding hydrogens is 304 g/mol. The molecule has 0 spiro atoms. The summed E-state index contributed by atoms with van der Waals surface area (Å²) >= 11 is 0. The average Bonchev–Trinajstić information content (AvgIpc) is 3.05. The van der Waals surface area contributed by atoms with Crippen LogP contribution in [0.2, 0.25) is 0 Å². The molecule has 0 bridgehead atoms. The summed E-state index contributed by atoms with van der Waals surface area (Å²) in [5.74, 6) is 0.892. The van der Waals surface area contributed by atoms with Crippen LogP contribution in [0.1, 0.15) is 62.3 Å². The zero-order chi connectivity index (χ0) is 17.0. The lowest BCUT2D eigenvalue weighted by Gasteiger charge is -2.32. The number of rotatable bonds is 5. The van der Waals surface area contributed by atoms with Gasteiger partial charge >= 0.3 is 0 Å². The van der Waals surface area contributed by atoms with Crippen LogP contribution in [0.5, 0.6) is 0 Å². The Balaban J connectivity index is 1.61. The van der Waals surface area contributed by atoms with E-state index in [9.17, 15) is 4.79 Å². The quantitative estimate of drug-likeness (QED) is 0.879. The summed E-state index contributed by atoms with van der Waals surface area (Å²) in [6.07, 6.45) is 5.21. The Morgan fingerprint density at radius 3 is 2.71 bits per heavy atom. The van der Waals surface area contributed by atoms with E-state index in [2.05, 4.69) is 15.5 Å². The molecule has 3 rings (SSSR count). The molecule has 0 aliphatic heterocycles. The number of nitrogens with two attached hydrogens (primary N) is 1. The predicted octanol–water partition coefficient (Wildman–Crippen LogP) is 2.50. The molecule has 1 heterocycles. The maximum absolute atomic E-state index is 12.5. The molecule has 6 nitrogen and oxygen atoms in total. The first kappa shape index (κ1) is 16.6. The molecule has 1 amide bonds. The molecule has 1 saturated carbocycles. The topological polar surface area (TPSA) is 94.0 Å². The number of hydrogen-bond donors (Lipinski definition) is 2. The largest absolute Gasteiger partial charge is 0.343 e. The summed E-state index contributed by atoms with van der Waals surface area (Å²) in [6, 6.07) is 9.60. The van der Waals surface area contributed by atoms with Gasteiger partial charge in [0, 0.05) is 6.42 Å². The van der Waals surface area contributed by atoms with Crippen molar-refractivity contribution in [1.29, 1.82) is 0 Å². The first-order chi connectivity index (χ1) is 11.6. The van der Waals surface area contributed by atoms with E-state index < -0.39 is 5.54 Å². The van der Waals surface area contributed by atoms with Crippen LogP contribution in [0.25, 0.3) is 0 Å². The maximum atomic E-state index is 12.5. The Morgan fingerprint density at radius 1 is 1.29 bits per heavy atom. The zero-order valence-electron chi connectivity index (χ0n) is 14.0. The highest BCUT2D eigenvalue weighted by Crippen LogP contribution is 2.26. The van der Waals surface area contributed by atoms with E-state index in [-0.39, 0.29) is 11.9 Å². The standard InChI is InChI=1S/C18H24N4O2/c1-13(20-17(23)18(19)10-6-3-7-11-18)16-21-15(22-24-16)12-14-8-4-2-5-9-14/h2,4-5,8-9,13H,3,6-7,10-12,19H2,1H3,(H,20,23). The molecule has 0 saturated heterocycles. The molecule has 24 heavy (non-hydrogen) atoms. The highest BCUT2D eigenvalue weighted by molar-refractivity contribution is 5.86. The molecular formula is C18H24N4O2. The lowest BCUT2D eigenvalue weighted by molar-refractivity contribution is -0.128. The minimum atomic E-state index is -0.764. The molecule has 3 N–H and O–H groups in total. The second kappa shape index (κ2) is 7.13. The van der Waals surface area contributed by atoms with Crippen LogP contribution < -0.4 is 11.1 Å². The summed E-state index contributed by atoms with van der Waals surface area (Å²) < 4.78 is 5.30. The average molecular weight is 328 g/mol. The summed E-state index contributed by atoms with van der Waals surface area (Å²) in [7, 11) is 0. The van der Waals surface area contributed by atoms with E-state index >= 15 is 0 Å². The first-order valence-corrected chi connectivity index (χ1v) is 8.53. The van der Waals surface area contributed by atoms with Gasteiger partial charge in [0.1, 0.15) is 6.04 Å². The Kier molecular flexibility index (Phi) is 4.94. The Labute approximate surface area is 141 Å². The van der Waals surface area contributed by atoms with Gasteiger partial charge in [-0.25, -0.2) is 0 Å². The van der Waals surface area contributed by atoms with Crippen LogP contribution in [0.3, 0.4) is 0 Å². The molecule has 1 aliphatic rings. The fraction of sp³-hybridized carbons (Fsp3) is 0.500. The molecule has 0 radical (unpaired) electrons. The van der Waals surface area contributed by atoms with Crippen molar-refractivity contribution in [2.75, 3.05) is 0 Å². The van der Waals surface area contributed by atoms with Gasteiger partial charge in [-0.05, 0) is 25.3 Å². The Morgan fingerprint density at radius 2 is 2.00 bits per heavy atom. The van der Waals surface area contributed by atoms with Crippen molar-refractivity contribution in [1.82, 2.24) is 15.5 Å². The second-order valence-electron chi connectivity index (χ2n) is 6.62. The lowest BCUT2D eigenvalue weighted by atomic mass is 9.82.